The summed E-state index contributed by atoms with van der Waals surface area (Å²) in [6.07, 6.45) is 0.628. The standard InChI is InChI=1S/C28H33NO3/c1-19-26(22-10-14-24(31-3)15-11-22)29-27(23-12-16-25(32-4)17-13-23)20(2)28(19,30)18-21-8-6-5-7-9-21/h5-17,19-20,26-27,29-30H,18H2,1-4H3/p+1/t19-,20-,26-,27-/m0/s1. The monoisotopic (exact) mass is 432 g/mol. The van der Waals surface area contributed by atoms with Crippen LogP contribution in [0.3, 0.4) is 0 Å². The van der Waals surface area contributed by atoms with Gasteiger partial charge in [0.1, 0.15) is 23.6 Å². The van der Waals surface area contributed by atoms with Gasteiger partial charge in [-0.15, -0.1) is 0 Å². The number of rotatable bonds is 6. The van der Waals surface area contributed by atoms with Gasteiger partial charge in [-0.3, -0.25) is 0 Å². The lowest BCUT2D eigenvalue weighted by atomic mass is 9.64. The van der Waals surface area contributed by atoms with Crippen LogP contribution in [0, 0.1) is 11.8 Å². The molecule has 0 aliphatic carbocycles. The van der Waals surface area contributed by atoms with E-state index in [1.165, 1.54) is 11.1 Å². The number of hydrogen-bond donors (Lipinski definition) is 2. The zero-order chi connectivity index (χ0) is 22.7. The third-order valence-electron chi connectivity index (χ3n) is 7.40. The lowest BCUT2D eigenvalue weighted by Gasteiger charge is -2.49. The lowest BCUT2D eigenvalue weighted by molar-refractivity contribution is -0.764. The smallest absolute Gasteiger partial charge is 0.118 e. The fourth-order valence-electron chi connectivity index (χ4n) is 5.29. The molecule has 1 aliphatic rings. The van der Waals surface area contributed by atoms with Crippen molar-refractivity contribution in [3.05, 3.63) is 95.6 Å². The molecule has 4 heteroatoms. The molecule has 0 bridgehead atoms. The second-order valence-electron chi connectivity index (χ2n) is 9.02. The zero-order valence-corrected chi connectivity index (χ0v) is 19.4. The molecule has 4 rings (SSSR count). The minimum absolute atomic E-state index is 0.0561. The van der Waals surface area contributed by atoms with Gasteiger partial charge in [-0.2, -0.15) is 0 Å². The van der Waals surface area contributed by atoms with Crippen molar-refractivity contribution >= 4 is 0 Å². The van der Waals surface area contributed by atoms with E-state index in [0.717, 1.165) is 17.1 Å². The molecule has 1 fully saturated rings. The van der Waals surface area contributed by atoms with Crippen LogP contribution in [0.1, 0.15) is 42.6 Å². The highest BCUT2D eigenvalue weighted by Gasteiger charge is 2.54. The first kappa shape index (κ1) is 22.4. The number of nitrogens with two attached hydrogens (primary N) is 1. The normalized spacial score (nSPS) is 27.7. The Morgan fingerprint density at radius 2 is 1.16 bits per heavy atom. The van der Waals surface area contributed by atoms with Crippen LogP contribution in [0.2, 0.25) is 0 Å². The lowest BCUT2D eigenvalue weighted by Crippen LogP contribution is -2.93. The third-order valence-corrected chi connectivity index (χ3v) is 7.40. The van der Waals surface area contributed by atoms with Gasteiger partial charge in [0.15, 0.2) is 0 Å². The molecule has 1 saturated heterocycles. The summed E-state index contributed by atoms with van der Waals surface area (Å²) in [5.41, 5.74) is 2.72. The number of ether oxygens (including phenoxy) is 2. The van der Waals surface area contributed by atoms with E-state index in [1.54, 1.807) is 14.2 Å². The topological polar surface area (TPSA) is 55.3 Å². The summed E-state index contributed by atoms with van der Waals surface area (Å²) in [5.74, 6) is 1.80. The van der Waals surface area contributed by atoms with Crippen molar-refractivity contribution in [2.45, 2.75) is 38.0 Å². The molecule has 4 atom stereocenters. The number of benzene rings is 3. The van der Waals surface area contributed by atoms with E-state index in [-0.39, 0.29) is 23.9 Å². The van der Waals surface area contributed by atoms with Crippen molar-refractivity contribution in [3.8, 4) is 11.5 Å². The number of aliphatic hydroxyl groups is 1. The van der Waals surface area contributed by atoms with E-state index in [2.05, 4.69) is 55.6 Å². The molecule has 0 unspecified atom stereocenters. The van der Waals surface area contributed by atoms with E-state index in [9.17, 15) is 5.11 Å². The third kappa shape index (κ3) is 4.25. The van der Waals surface area contributed by atoms with Crippen LogP contribution in [-0.4, -0.2) is 24.9 Å². The minimum atomic E-state index is -0.856. The van der Waals surface area contributed by atoms with E-state index in [1.807, 2.05) is 42.5 Å². The number of methoxy groups -OCH3 is 2. The Hall–Kier alpha value is -2.82. The largest absolute Gasteiger partial charge is 0.497 e. The zero-order valence-electron chi connectivity index (χ0n) is 19.4. The Morgan fingerprint density at radius 1 is 0.719 bits per heavy atom. The van der Waals surface area contributed by atoms with Gasteiger partial charge in [0.25, 0.3) is 0 Å². The first-order valence-electron chi connectivity index (χ1n) is 11.4. The van der Waals surface area contributed by atoms with Gasteiger partial charge in [0.05, 0.1) is 19.8 Å². The van der Waals surface area contributed by atoms with Crippen molar-refractivity contribution < 1.29 is 19.9 Å². The molecule has 4 nitrogen and oxygen atoms in total. The number of hydrogen-bond acceptors (Lipinski definition) is 3. The molecular formula is C28H34NO3+. The Kier molecular flexibility index (Phi) is 6.54. The summed E-state index contributed by atoms with van der Waals surface area (Å²) < 4.78 is 10.7. The molecule has 0 spiro atoms. The molecule has 3 N–H and O–H groups in total. The van der Waals surface area contributed by atoms with Crippen molar-refractivity contribution in [3.63, 3.8) is 0 Å². The minimum Gasteiger partial charge on any atom is -0.497 e. The van der Waals surface area contributed by atoms with Gasteiger partial charge in [-0.25, -0.2) is 0 Å². The molecule has 0 aromatic heterocycles. The Morgan fingerprint density at radius 3 is 1.56 bits per heavy atom. The van der Waals surface area contributed by atoms with E-state index in [0.29, 0.717) is 6.42 Å². The Bertz CT molecular complexity index is 942. The summed E-state index contributed by atoms with van der Waals surface area (Å²) in [6, 6.07) is 27.1. The van der Waals surface area contributed by atoms with Gasteiger partial charge in [-0.1, -0.05) is 44.2 Å². The average Bonchev–Trinajstić information content (AvgIpc) is 2.84. The van der Waals surface area contributed by atoms with Crippen LogP contribution in [0.25, 0.3) is 0 Å². The summed E-state index contributed by atoms with van der Waals surface area (Å²) in [5, 5.41) is 14.7. The van der Waals surface area contributed by atoms with Gasteiger partial charge in [0, 0.05) is 29.4 Å². The van der Waals surface area contributed by atoms with Gasteiger partial charge >= 0.3 is 0 Å². The van der Waals surface area contributed by atoms with Crippen LogP contribution in [0.15, 0.2) is 78.9 Å². The highest BCUT2D eigenvalue weighted by molar-refractivity contribution is 5.32. The SMILES string of the molecule is COc1ccc([C@H]2[NH2+][C@H](c3ccc(OC)cc3)[C@H](C)C(O)(Cc3ccccc3)[C@H]2C)cc1. The van der Waals surface area contributed by atoms with E-state index >= 15 is 0 Å². The summed E-state index contributed by atoms with van der Waals surface area (Å²) in [6.45, 7) is 4.38. The van der Waals surface area contributed by atoms with Crippen molar-refractivity contribution in [1.29, 1.82) is 0 Å². The molecule has 32 heavy (non-hydrogen) atoms. The van der Waals surface area contributed by atoms with Crippen LogP contribution < -0.4 is 14.8 Å². The molecule has 0 saturated carbocycles. The van der Waals surface area contributed by atoms with E-state index in [4.69, 9.17) is 9.47 Å². The molecule has 1 aliphatic heterocycles. The fraction of sp³-hybridized carbons (Fsp3) is 0.357. The maximum atomic E-state index is 12.3. The maximum absolute atomic E-state index is 12.3. The Balaban J connectivity index is 1.74. The van der Waals surface area contributed by atoms with Crippen LogP contribution >= 0.6 is 0 Å². The van der Waals surface area contributed by atoms with Crippen LogP contribution in [-0.2, 0) is 6.42 Å². The van der Waals surface area contributed by atoms with Crippen molar-refractivity contribution in [2.75, 3.05) is 14.2 Å². The second-order valence-corrected chi connectivity index (χ2v) is 9.02. The molecular weight excluding hydrogens is 398 g/mol. The molecule has 168 valence electrons. The van der Waals surface area contributed by atoms with Crippen LogP contribution in [0.4, 0.5) is 0 Å². The van der Waals surface area contributed by atoms with Gasteiger partial charge in [0.2, 0.25) is 0 Å². The quantitative estimate of drug-likeness (QED) is 0.610. The predicted octanol–water partition coefficient (Wildman–Crippen LogP) is 4.31. The second kappa shape index (κ2) is 9.35. The van der Waals surface area contributed by atoms with Crippen LogP contribution in [0.5, 0.6) is 11.5 Å². The fourth-order valence-corrected chi connectivity index (χ4v) is 5.29. The number of piperidine rings is 1. The van der Waals surface area contributed by atoms with Crippen molar-refractivity contribution in [1.82, 2.24) is 0 Å². The highest BCUT2D eigenvalue weighted by atomic mass is 16.5. The summed E-state index contributed by atoms with van der Waals surface area (Å²) in [7, 11) is 3.37. The summed E-state index contributed by atoms with van der Waals surface area (Å²) >= 11 is 0. The molecule has 3 aromatic carbocycles. The predicted molar refractivity (Wildman–Crippen MR) is 127 cm³/mol. The van der Waals surface area contributed by atoms with Gasteiger partial charge in [-0.05, 0) is 54.1 Å². The average molecular weight is 433 g/mol. The van der Waals surface area contributed by atoms with Gasteiger partial charge < -0.3 is 19.9 Å². The first-order valence-corrected chi connectivity index (χ1v) is 11.4. The van der Waals surface area contributed by atoms with E-state index < -0.39 is 5.60 Å². The molecule has 3 aromatic rings. The maximum Gasteiger partial charge on any atom is 0.118 e. The molecule has 0 radical (unpaired) electrons. The molecule has 0 amide bonds. The first-order chi connectivity index (χ1) is 15.5. The highest BCUT2D eigenvalue weighted by Crippen LogP contribution is 2.44. The Labute approximate surface area is 191 Å². The molecule has 1 heterocycles. The van der Waals surface area contributed by atoms with Crippen molar-refractivity contribution in [2.24, 2.45) is 11.8 Å². The summed E-state index contributed by atoms with van der Waals surface area (Å²) in [4.78, 5) is 0. The number of quaternary nitrogens is 1.